The third kappa shape index (κ3) is 3.67. The molecule has 0 aliphatic heterocycles. The van der Waals surface area contributed by atoms with Gasteiger partial charge in [-0.25, -0.2) is 0 Å². The number of pyridine rings is 1. The topological polar surface area (TPSA) is 63.8 Å². The highest BCUT2D eigenvalue weighted by Gasteiger charge is 2.25. The van der Waals surface area contributed by atoms with E-state index in [2.05, 4.69) is 47.3 Å². The van der Waals surface area contributed by atoms with Crippen LogP contribution in [0, 0.1) is 19.3 Å². The molecule has 21 heavy (non-hydrogen) atoms. The quantitative estimate of drug-likeness (QED) is 0.937. The molecule has 1 N–H and O–H groups in total. The van der Waals surface area contributed by atoms with Crippen LogP contribution in [0.25, 0.3) is 11.5 Å². The molecule has 2 aromatic rings. The minimum atomic E-state index is 0.126. The number of hydrogen-bond acceptors (Lipinski definition) is 5. The van der Waals surface area contributed by atoms with E-state index in [1.165, 1.54) is 0 Å². The maximum atomic E-state index is 5.39. The molecule has 5 heteroatoms. The Morgan fingerprint density at radius 1 is 1.29 bits per heavy atom. The Balaban J connectivity index is 2.22. The lowest BCUT2D eigenvalue weighted by Crippen LogP contribution is -2.39. The predicted molar refractivity (Wildman–Crippen MR) is 83.0 cm³/mol. The van der Waals surface area contributed by atoms with Gasteiger partial charge in [0.05, 0.1) is 0 Å². The lowest BCUT2D eigenvalue weighted by Gasteiger charge is -2.29. The van der Waals surface area contributed by atoms with Crippen molar-refractivity contribution in [3.63, 3.8) is 0 Å². The molecule has 0 amide bonds. The minimum Gasteiger partial charge on any atom is -0.339 e. The van der Waals surface area contributed by atoms with Crippen LogP contribution in [0.3, 0.4) is 0 Å². The molecule has 0 aromatic carbocycles. The highest BCUT2D eigenvalue weighted by atomic mass is 16.5. The molecule has 0 saturated heterocycles. The van der Waals surface area contributed by atoms with Crippen LogP contribution in [0.5, 0.6) is 0 Å². The first-order chi connectivity index (χ1) is 9.81. The van der Waals surface area contributed by atoms with E-state index < -0.39 is 0 Å². The maximum absolute atomic E-state index is 5.39. The minimum absolute atomic E-state index is 0.126. The van der Waals surface area contributed by atoms with Crippen LogP contribution in [-0.2, 0) is 6.42 Å². The molecular weight excluding hydrogens is 264 g/mol. The van der Waals surface area contributed by atoms with Gasteiger partial charge in [-0.2, -0.15) is 4.98 Å². The van der Waals surface area contributed by atoms with Crippen molar-refractivity contribution in [1.29, 1.82) is 0 Å². The van der Waals surface area contributed by atoms with Crippen molar-refractivity contribution in [2.24, 2.45) is 5.41 Å². The van der Waals surface area contributed by atoms with Gasteiger partial charge >= 0.3 is 0 Å². The van der Waals surface area contributed by atoms with Crippen LogP contribution in [-0.4, -0.2) is 28.2 Å². The molecular formula is C16H24N4O. The number of nitrogens with one attached hydrogen (secondary N) is 1. The van der Waals surface area contributed by atoms with Gasteiger partial charge in [0.1, 0.15) is 5.69 Å². The van der Waals surface area contributed by atoms with Crippen LogP contribution in [0.2, 0.25) is 0 Å². The van der Waals surface area contributed by atoms with Crippen LogP contribution in [0.4, 0.5) is 0 Å². The third-order valence-corrected chi connectivity index (χ3v) is 3.67. The number of likely N-dealkylation sites (N-methyl/N-ethyl adjacent to an activating group) is 1. The van der Waals surface area contributed by atoms with Gasteiger partial charge in [0.2, 0.25) is 11.7 Å². The second-order valence-corrected chi connectivity index (χ2v) is 6.60. The Labute approximate surface area is 126 Å². The molecule has 2 rings (SSSR count). The normalized spacial score (nSPS) is 13.4. The molecule has 0 bridgehead atoms. The number of aryl methyl sites for hydroxylation is 2. The third-order valence-electron chi connectivity index (χ3n) is 3.67. The van der Waals surface area contributed by atoms with Gasteiger partial charge in [-0.3, -0.25) is 4.98 Å². The molecule has 2 heterocycles. The Kier molecular flexibility index (Phi) is 4.42. The molecule has 114 valence electrons. The van der Waals surface area contributed by atoms with Crippen molar-refractivity contribution in [2.75, 3.05) is 7.05 Å². The lowest BCUT2D eigenvalue weighted by atomic mass is 9.85. The molecule has 1 unspecified atom stereocenters. The van der Waals surface area contributed by atoms with Crippen LogP contribution >= 0.6 is 0 Å². The average molecular weight is 288 g/mol. The number of hydrogen-bond donors (Lipinski definition) is 1. The van der Waals surface area contributed by atoms with Crippen molar-refractivity contribution in [3.8, 4) is 11.5 Å². The van der Waals surface area contributed by atoms with Gasteiger partial charge in [0.15, 0.2) is 0 Å². The van der Waals surface area contributed by atoms with Gasteiger partial charge in [-0.05, 0) is 37.4 Å². The summed E-state index contributed by atoms with van der Waals surface area (Å²) in [5, 5.41) is 7.38. The Hall–Kier alpha value is -1.75. The van der Waals surface area contributed by atoms with Crippen LogP contribution in [0.15, 0.2) is 16.8 Å². The summed E-state index contributed by atoms with van der Waals surface area (Å²) in [7, 11) is 1.96. The molecule has 0 radical (unpaired) electrons. The van der Waals surface area contributed by atoms with E-state index in [1.807, 2.05) is 27.1 Å². The fraction of sp³-hybridized carbons (Fsp3) is 0.562. The zero-order valence-corrected chi connectivity index (χ0v) is 13.7. The highest BCUT2D eigenvalue weighted by Crippen LogP contribution is 2.23. The molecule has 0 fully saturated rings. The first-order valence-electron chi connectivity index (χ1n) is 7.24. The zero-order valence-electron chi connectivity index (χ0n) is 13.7. The summed E-state index contributed by atoms with van der Waals surface area (Å²) in [4.78, 5) is 8.90. The van der Waals surface area contributed by atoms with Gasteiger partial charge in [0.25, 0.3) is 0 Å². The van der Waals surface area contributed by atoms with E-state index in [0.717, 1.165) is 16.8 Å². The van der Waals surface area contributed by atoms with Gasteiger partial charge in [-0.1, -0.05) is 32.0 Å². The first-order valence-corrected chi connectivity index (χ1v) is 7.24. The summed E-state index contributed by atoms with van der Waals surface area (Å²) in [5.74, 6) is 1.20. The number of nitrogens with zero attached hydrogens (tertiary/aromatic N) is 3. The van der Waals surface area contributed by atoms with E-state index in [9.17, 15) is 0 Å². The number of rotatable bonds is 4. The fourth-order valence-corrected chi connectivity index (χ4v) is 2.40. The van der Waals surface area contributed by atoms with Gasteiger partial charge in [-0.15, -0.1) is 0 Å². The summed E-state index contributed by atoms with van der Waals surface area (Å²) in [6.07, 6.45) is 2.53. The summed E-state index contributed by atoms with van der Waals surface area (Å²) in [6, 6.07) is 2.35. The maximum Gasteiger partial charge on any atom is 0.228 e. The van der Waals surface area contributed by atoms with E-state index in [4.69, 9.17) is 4.52 Å². The second kappa shape index (κ2) is 5.93. The van der Waals surface area contributed by atoms with E-state index in [1.54, 1.807) is 0 Å². The Morgan fingerprint density at radius 3 is 2.57 bits per heavy atom. The SMILES string of the molecule is CNC(Cc1nc(-c2ncc(C)cc2C)no1)C(C)(C)C. The van der Waals surface area contributed by atoms with Crippen LogP contribution in [0.1, 0.15) is 37.8 Å². The van der Waals surface area contributed by atoms with E-state index in [0.29, 0.717) is 18.1 Å². The van der Waals surface area contributed by atoms with Gasteiger partial charge < -0.3 is 9.84 Å². The molecule has 0 saturated carbocycles. The second-order valence-electron chi connectivity index (χ2n) is 6.60. The van der Waals surface area contributed by atoms with Crippen LogP contribution < -0.4 is 5.32 Å². The largest absolute Gasteiger partial charge is 0.339 e. The summed E-state index contributed by atoms with van der Waals surface area (Å²) in [5.41, 5.74) is 3.10. The molecule has 5 nitrogen and oxygen atoms in total. The fourth-order valence-electron chi connectivity index (χ4n) is 2.40. The molecule has 1 atom stereocenters. The van der Waals surface area contributed by atoms with Crippen molar-refractivity contribution >= 4 is 0 Å². The van der Waals surface area contributed by atoms with Crippen molar-refractivity contribution in [2.45, 2.75) is 47.1 Å². The monoisotopic (exact) mass is 288 g/mol. The van der Waals surface area contributed by atoms with Crippen molar-refractivity contribution in [1.82, 2.24) is 20.4 Å². The average Bonchev–Trinajstić information content (AvgIpc) is 2.82. The summed E-state index contributed by atoms with van der Waals surface area (Å²) < 4.78 is 5.39. The smallest absolute Gasteiger partial charge is 0.228 e. The van der Waals surface area contributed by atoms with E-state index in [-0.39, 0.29) is 11.5 Å². The van der Waals surface area contributed by atoms with Gasteiger partial charge in [0, 0.05) is 18.7 Å². The summed E-state index contributed by atoms with van der Waals surface area (Å²) in [6.45, 7) is 10.6. The zero-order chi connectivity index (χ0) is 15.6. The number of aromatic nitrogens is 3. The first kappa shape index (κ1) is 15.6. The van der Waals surface area contributed by atoms with Crippen molar-refractivity contribution < 1.29 is 4.52 Å². The molecule has 0 spiro atoms. The predicted octanol–water partition coefficient (Wildman–Crippen LogP) is 2.93. The molecule has 0 aliphatic carbocycles. The lowest BCUT2D eigenvalue weighted by molar-refractivity contribution is 0.255. The Morgan fingerprint density at radius 2 is 2.00 bits per heavy atom. The Bertz CT molecular complexity index is 613. The highest BCUT2D eigenvalue weighted by molar-refractivity contribution is 5.53. The summed E-state index contributed by atoms with van der Waals surface area (Å²) >= 11 is 0. The standard InChI is InChI=1S/C16H24N4O/c1-10-7-11(2)14(18-9-10)15-19-13(21-20-15)8-12(17-6)16(3,4)5/h7,9,12,17H,8H2,1-6H3. The van der Waals surface area contributed by atoms with Crippen molar-refractivity contribution in [3.05, 3.63) is 29.3 Å². The molecule has 2 aromatic heterocycles. The molecule has 0 aliphatic rings. The van der Waals surface area contributed by atoms with E-state index >= 15 is 0 Å².